The zero-order valence-corrected chi connectivity index (χ0v) is 13.9. The van der Waals surface area contributed by atoms with E-state index in [0.717, 1.165) is 44.2 Å². The predicted molar refractivity (Wildman–Crippen MR) is 87.4 cm³/mol. The van der Waals surface area contributed by atoms with Gasteiger partial charge in [0, 0.05) is 45.5 Å². The molecule has 3 rings (SSSR count). The molecule has 7 nitrogen and oxygen atoms in total. The minimum Gasteiger partial charge on any atom is -0.383 e. The van der Waals surface area contributed by atoms with Gasteiger partial charge in [0.15, 0.2) is 5.82 Å². The van der Waals surface area contributed by atoms with Crippen molar-refractivity contribution in [3.05, 3.63) is 24.2 Å². The Bertz CT molecular complexity index is 628. The van der Waals surface area contributed by atoms with Gasteiger partial charge in [0.2, 0.25) is 0 Å². The third-order valence-corrected chi connectivity index (χ3v) is 4.19. The highest BCUT2D eigenvalue weighted by atomic mass is 16.5. The van der Waals surface area contributed by atoms with Crippen molar-refractivity contribution >= 4 is 5.82 Å². The number of rotatable bonds is 5. The molecule has 2 aromatic heterocycles. The van der Waals surface area contributed by atoms with Gasteiger partial charge in [-0.2, -0.15) is 4.98 Å². The molecule has 1 fully saturated rings. The largest absolute Gasteiger partial charge is 0.383 e. The zero-order chi connectivity index (χ0) is 16.2. The van der Waals surface area contributed by atoms with Crippen LogP contribution >= 0.6 is 0 Å². The number of hydrogen-bond acceptors (Lipinski definition) is 7. The minimum absolute atomic E-state index is 0.485. The number of methoxy groups -OCH3 is 1. The lowest BCUT2D eigenvalue weighted by Gasteiger charge is -2.40. The number of nitrogens with zero attached hydrogens (tertiary/aromatic N) is 5. The lowest BCUT2D eigenvalue weighted by atomic mass is 10.2. The summed E-state index contributed by atoms with van der Waals surface area (Å²) < 4.78 is 10.3. The number of anilines is 1. The van der Waals surface area contributed by atoms with E-state index in [4.69, 9.17) is 9.26 Å². The first-order chi connectivity index (χ1) is 11.2. The molecule has 1 saturated heterocycles. The summed E-state index contributed by atoms with van der Waals surface area (Å²) in [5.41, 5.74) is 0.848. The average Bonchev–Trinajstić information content (AvgIpc) is 3.00. The first-order valence-corrected chi connectivity index (χ1v) is 7.92. The summed E-state index contributed by atoms with van der Waals surface area (Å²) in [7, 11) is 1.75. The van der Waals surface area contributed by atoms with Gasteiger partial charge >= 0.3 is 0 Å². The van der Waals surface area contributed by atoms with E-state index in [1.807, 2.05) is 12.1 Å². The molecule has 1 atom stereocenters. The van der Waals surface area contributed by atoms with Gasteiger partial charge < -0.3 is 14.2 Å². The van der Waals surface area contributed by atoms with Crippen molar-refractivity contribution in [3.63, 3.8) is 0 Å². The Balaban J connectivity index is 1.64. The number of pyridine rings is 1. The fourth-order valence-electron chi connectivity index (χ4n) is 2.86. The van der Waals surface area contributed by atoms with Gasteiger partial charge in [-0.3, -0.25) is 4.90 Å². The topological polar surface area (TPSA) is 67.5 Å². The lowest BCUT2D eigenvalue weighted by molar-refractivity contribution is 0.117. The highest BCUT2D eigenvalue weighted by Gasteiger charge is 2.24. The van der Waals surface area contributed by atoms with Crippen LogP contribution in [0.3, 0.4) is 0 Å². The van der Waals surface area contributed by atoms with Crippen LogP contribution in [0.1, 0.15) is 12.7 Å². The Morgan fingerprint density at radius 1 is 1.35 bits per heavy atom. The van der Waals surface area contributed by atoms with Crippen LogP contribution in [0.2, 0.25) is 0 Å². The van der Waals surface area contributed by atoms with Crippen LogP contribution in [0.25, 0.3) is 11.5 Å². The fourth-order valence-corrected chi connectivity index (χ4v) is 2.86. The van der Waals surface area contributed by atoms with Gasteiger partial charge in [-0.1, -0.05) is 5.16 Å². The fraction of sp³-hybridized carbons (Fsp3) is 0.562. The first kappa shape index (κ1) is 15.9. The lowest BCUT2D eigenvalue weighted by Crippen LogP contribution is -2.52. The molecule has 2 aromatic rings. The highest BCUT2D eigenvalue weighted by Crippen LogP contribution is 2.21. The summed E-state index contributed by atoms with van der Waals surface area (Å²) in [5, 5.41) is 3.81. The minimum atomic E-state index is 0.485. The number of aromatic nitrogens is 3. The van der Waals surface area contributed by atoms with Crippen LogP contribution in [0, 0.1) is 6.92 Å². The second-order valence-electron chi connectivity index (χ2n) is 5.88. The molecule has 3 heterocycles. The number of hydrogen-bond donors (Lipinski definition) is 0. The predicted octanol–water partition coefficient (Wildman–Crippen LogP) is 1.60. The van der Waals surface area contributed by atoms with E-state index in [2.05, 4.69) is 31.8 Å². The molecule has 0 N–H and O–H groups in total. The molecule has 0 aliphatic carbocycles. The monoisotopic (exact) mass is 317 g/mol. The summed E-state index contributed by atoms with van der Waals surface area (Å²) in [6.45, 7) is 8.78. The van der Waals surface area contributed by atoms with Crippen molar-refractivity contribution < 1.29 is 9.26 Å². The molecule has 0 bridgehead atoms. The number of aryl methyl sites for hydroxylation is 1. The Hall–Kier alpha value is -1.99. The summed E-state index contributed by atoms with van der Waals surface area (Å²) in [6, 6.07) is 4.49. The maximum Gasteiger partial charge on any atom is 0.259 e. The molecule has 124 valence electrons. The van der Waals surface area contributed by atoms with Crippen molar-refractivity contribution in [2.24, 2.45) is 0 Å². The molecule has 0 radical (unpaired) electrons. The standard InChI is InChI=1S/C16H23N5O2/c1-12-11-21(7-6-20(12)8-9-22-3)15-5-4-14(10-17-15)16-18-13(2)19-23-16/h4-5,10,12H,6-9,11H2,1-3H3. The molecule has 7 heteroatoms. The molecule has 23 heavy (non-hydrogen) atoms. The van der Waals surface area contributed by atoms with E-state index in [-0.39, 0.29) is 0 Å². The normalized spacial score (nSPS) is 19.3. The summed E-state index contributed by atoms with van der Waals surface area (Å²) in [5.74, 6) is 2.13. The highest BCUT2D eigenvalue weighted by molar-refractivity contribution is 5.54. The van der Waals surface area contributed by atoms with E-state index in [1.54, 1.807) is 20.2 Å². The third-order valence-electron chi connectivity index (χ3n) is 4.19. The van der Waals surface area contributed by atoms with Gasteiger partial charge in [-0.15, -0.1) is 0 Å². The first-order valence-electron chi connectivity index (χ1n) is 7.92. The third kappa shape index (κ3) is 3.68. The molecule has 0 spiro atoms. The number of piperazine rings is 1. The Morgan fingerprint density at radius 3 is 2.83 bits per heavy atom. The van der Waals surface area contributed by atoms with Gasteiger partial charge in [0.25, 0.3) is 5.89 Å². The van der Waals surface area contributed by atoms with Crippen molar-refractivity contribution in [1.82, 2.24) is 20.0 Å². The zero-order valence-electron chi connectivity index (χ0n) is 13.9. The summed E-state index contributed by atoms with van der Waals surface area (Å²) in [6.07, 6.45) is 1.80. The van der Waals surface area contributed by atoms with Crippen molar-refractivity contribution in [2.45, 2.75) is 19.9 Å². The van der Waals surface area contributed by atoms with Crippen molar-refractivity contribution in [2.75, 3.05) is 44.8 Å². The molecule has 1 aliphatic rings. The van der Waals surface area contributed by atoms with E-state index in [0.29, 0.717) is 17.8 Å². The second kappa shape index (κ2) is 7.06. The van der Waals surface area contributed by atoms with Crippen LogP contribution in [0.4, 0.5) is 5.82 Å². The molecular weight excluding hydrogens is 294 g/mol. The number of ether oxygens (including phenoxy) is 1. The molecule has 0 aromatic carbocycles. The van der Waals surface area contributed by atoms with Crippen LogP contribution < -0.4 is 4.90 Å². The van der Waals surface area contributed by atoms with Gasteiger partial charge in [-0.05, 0) is 26.0 Å². The van der Waals surface area contributed by atoms with Crippen LogP contribution in [0.5, 0.6) is 0 Å². The maximum absolute atomic E-state index is 5.17. The van der Waals surface area contributed by atoms with Crippen LogP contribution in [0.15, 0.2) is 22.9 Å². The quantitative estimate of drug-likeness (QED) is 0.829. The molecule has 0 saturated carbocycles. The van der Waals surface area contributed by atoms with E-state index in [9.17, 15) is 0 Å². The molecule has 0 amide bonds. The van der Waals surface area contributed by atoms with E-state index >= 15 is 0 Å². The average molecular weight is 317 g/mol. The Labute approximate surface area is 136 Å². The summed E-state index contributed by atoms with van der Waals surface area (Å²) >= 11 is 0. The van der Waals surface area contributed by atoms with Gasteiger partial charge in [0.05, 0.1) is 12.2 Å². The Morgan fingerprint density at radius 2 is 2.22 bits per heavy atom. The SMILES string of the molecule is COCCN1CCN(c2ccc(-c3nc(C)no3)cn2)CC1C. The van der Waals surface area contributed by atoms with Gasteiger partial charge in [-0.25, -0.2) is 4.98 Å². The van der Waals surface area contributed by atoms with Gasteiger partial charge in [0.1, 0.15) is 5.82 Å². The molecular formula is C16H23N5O2. The summed E-state index contributed by atoms with van der Waals surface area (Å²) in [4.78, 5) is 13.6. The smallest absolute Gasteiger partial charge is 0.259 e. The van der Waals surface area contributed by atoms with E-state index in [1.165, 1.54) is 0 Å². The molecule has 1 unspecified atom stereocenters. The van der Waals surface area contributed by atoms with Crippen molar-refractivity contribution in [3.8, 4) is 11.5 Å². The Kier molecular flexibility index (Phi) is 4.88. The molecule has 1 aliphatic heterocycles. The van der Waals surface area contributed by atoms with Crippen molar-refractivity contribution in [1.29, 1.82) is 0 Å². The second-order valence-corrected chi connectivity index (χ2v) is 5.88. The van der Waals surface area contributed by atoms with Crippen LogP contribution in [-0.2, 0) is 4.74 Å². The van der Waals surface area contributed by atoms with E-state index < -0.39 is 0 Å². The maximum atomic E-state index is 5.17. The van der Waals surface area contributed by atoms with Crippen LogP contribution in [-0.4, -0.2) is 66.0 Å².